The molecule has 22 heavy (non-hydrogen) atoms. The third kappa shape index (κ3) is 3.43. The van der Waals surface area contributed by atoms with Gasteiger partial charge in [-0.15, -0.1) is 0 Å². The van der Waals surface area contributed by atoms with Crippen LogP contribution in [-0.4, -0.2) is 31.1 Å². The largest absolute Gasteiger partial charge is 0.360 e. The van der Waals surface area contributed by atoms with E-state index in [1.165, 1.54) is 5.56 Å². The van der Waals surface area contributed by atoms with Gasteiger partial charge in [0.05, 0.1) is 31.1 Å². The van der Waals surface area contributed by atoms with Crippen molar-refractivity contribution in [2.24, 2.45) is 0 Å². The van der Waals surface area contributed by atoms with Crippen molar-refractivity contribution in [2.75, 3.05) is 31.1 Å². The molecule has 0 bridgehead atoms. The van der Waals surface area contributed by atoms with Gasteiger partial charge in [-0.1, -0.05) is 30.3 Å². The average molecular weight is 298 g/mol. The van der Waals surface area contributed by atoms with Crippen LogP contribution >= 0.6 is 0 Å². The quantitative estimate of drug-likeness (QED) is 0.687. The molecule has 3 rings (SSSR count). The highest BCUT2D eigenvalue weighted by molar-refractivity contribution is 5.51. The Morgan fingerprint density at radius 1 is 1.00 bits per heavy atom. The molecule has 0 unspecified atom stereocenters. The van der Waals surface area contributed by atoms with Gasteiger partial charge in [-0.05, 0) is 12.1 Å². The van der Waals surface area contributed by atoms with Crippen LogP contribution in [0, 0.1) is 10.1 Å². The zero-order valence-electron chi connectivity index (χ0n) is 12.4. The number of nitro benzene ring substituents is 1. The van der Waals surface area contributed by atoms with Crippen molar-refractivity contribution >= 4 is 11.4 Å². The summed E-state index contributed by atoms with van der Waals surface area (Å²) < 4.78 is 0. The summed E-state index contributed by atoms with van der Waals surface area (Å²) in [5.74, 6) is 0. The van der Waals surface area contributed by atoms with Gasteiger partial charge in [-0.2, -0.15) is 0 Å². The minimum Gasteiger partial charge on any atom is -0.360 e. The summed E-state index contributed by atoms with van der Waals surface area (Å²) in [6.45, 7) is 5.21. The Morgan fingerprint density at radius 2 is 1.64 bits per heavy atom. The second-order valence-corrected chi connectivity index (χ2v) is 5.67. The Hall–Kier alpha value is -2.40. The van der Waals surface area contributed by atoms with E-state index in [2.05, 4.69) is 29.2 Å². The molecular weight excluding hydrogens is 278 g/mol. The molecule has 1 fully saturated rings. The molecule has 0 aromatic heterocycles. The van der Waals surface area contributed by atoms with Crippen LogP contribution in [0.25, 0.3) is 0 Å². The SMILES string of the molecule is O=[N+]([O-])c1ccc(N2CC[NH+](Cc3ccccc3)CC2)cc1. The van der Waals surface area contributed by atoms with E-state index >= 15 is 0 Å². The average Bonchev–Trinajstić information content (AvgIpc) is 2.57. The van der Waals surface area contributed by atoms with E-state index in [-0.39, 0.29) is 10.6 Å². The monoisotopic (exact) mass is 298 g/mol. The first-order valence-electron chi connectivity index (χ1n) is 7.59. The lowest BCUT2D eigenvalue weighted by atomic mass is 10.2. The zero-order valence-corrected chi connectivity index (χ0v) is 12.4. The predicted molar refractivity (Wildman–Crippen MR) is 86.2 cm³/mol. The van der Waals surface area contributed by atoms with Gasteiger partial charge in [-0.3, -0.25) is 10.1 Å². The number of rotatable bonds is 4. The molecule has 1 aliphatic rings. The number of hydrogen-bond acceptors (Lipinski definition) is 3. The summed E-state index contributed by atoms with van der Waals surface area (Å²) in [6.07, 6.45) is 0. The number of nitrogens with one attached hydrogen (secondary N) is 1. The van der Waals surface area contributed by atoms with Crippen LogP contribution in [0.4, 0.5) is 11.4 Å². The molecule has 0 spiro atoms. The normalized spacial score (nSPS) is 15.7. The molecule has 1 aliphatic heterocycles. The fraction of sp³-hybridized carbons (Fsp3) is 0.294. The van der Waals surface area contributed by atoms with Crippen LogP contribution in [0.3, 0.4) is 0 Å². The molecular formula is C17H20N3O2+. The van der Waals surface area contributed by atoms with Gasteiger partial charge in [0.15, 0.2) is 0 Å². The second kappa shape index (κ2) is 6.58. The molecule has 1 N–H and O–H groups in total. The lowest BCUT2D eigenvalue weighted by Gasteiger charge is -2.33. The van der Waals surface area contributed by atoms with Gasteiger partial charge in [0.25, 0.3) is 5.69 Å². The predicted octanol–water partition coefficient (Wildman–Crippen LogP) is 1.50. The Balaban J connectivity index is 1.56. The second-order valence-electron chi connectivity index (χ2n) is 5.67. The highest BCUT2D eigenvalue weighted by atomic mass is 16.6. The van der Waals surface area contributed by atoms with Gasteiger partial charge in [0, 0.05) is 23.4 Å². The number of quaternary nitrogens is 1. The smallest absolute Gasteiger partial charge is 0.269 e. The number of anilines is 1. The molecule has 1 saturated heterocycles. The maximum Gasteiger partial charge on any atom is 0.269 e. The lowest BCUT2D eigenvalue weighted by Crippen LogP contribution is -3.13. The first kappa shape index (κ1) is 14.5. The van der Waals surface area contributed by atoms with Crippen molar-refractivity contribution in [1.29, 1.82) is 0 Å². The summed E-state index contributed by atoms with van der Waals surface area (Å²) in [6, 6.07) is 17.4. The van der Waals surface area contributed by atoms with Crippen LogP contribution in [0.1, 0.15) is 5.56 Å². The molecule has 0 amide bonds. The van der Waals surface area contributed by atoms with Gasteiger partial charge in [0.2, 0.25) is 0 Å². The lowest BCUT2D eigenvalue weighted by molar-refractivity contribution is -0.914. The zero-order chi connectivity index (χ0) is 15.4. The third-order valence-corrected chi connectivity index (χ3v) is 4.19. The first-order valence-corrected chi connectivity index (χ1v) is 7.59. The molecule has 2 aromatic rings. The molecule has 5 nitrogen and oxygen atoms in total. The number of non-ortho nitro benzene ring substituents is 1. The highest BCUT2D eigenvalue weighted by Gasteiger charge is 2.20. The van der Waals surface area contributed by atoms with Gasteiger partial charge < -0.3 is 9.80 Å². The molecule has 1 heterocycles. The van der Waals surface area contributed by atoms with E-state index in [9.17, 15) is 10.1 Å². The maximum atomic E-state index is 10.7. The van der Waals surface area contributed by atoms with E-state index in [1.807, 2.05) is 18.2 Å². The van der Waals surface area contributed by atoms with Crippen molar-refractivity contribution in [3.05, 3.63) is 70.3 Å². The fourth-order valence-electron chi connectivity index (χ4n) is 2.93. The number of piperazine rings is 1. The Morgan fingerprint density at radius 3 is 2.23 bits per heavy atom. The molecule has 0 atom stereocenters. The van der Waals surface area contributed by atoms with Crippen LogP contribution in [0.2, 0.25) is 0 Å². The van der Waals surface area contributed by atoms with Crippen LogP contribution in [0.15, 0.2) is 54.6 Å². The van der Waals surface area contributed by atoms with E-state index < -0.39 is 0 Å². The highest BCUT2D eigenvalue weighted by Crippen LogP contribution is 2.19. The van der Waals surface area contributed by atoms with E-state index in [0.717, 1.165) is 38.4 Å². The van der Waals surface area contributed by atoms with Crippen LogP contribution < -0.4 is 9.80 Å². The first-order chi connectivity index (χ1) is 10.7. The van der Waals surface area contributed by atoms with Crippen molar-refractivity contribution in [2.45, 2.75) is 6.54 Å². The van der Waals surface area contributed by atoms with Gasteiger partial charge in [0.1, 0.15) is 6.54 Å². The fourth-order valence-corrected chi connectivity index (χ4v) is 2.93. The standard InChI is InChI=1S/C17H19N3O2/c21-20(22)17-8-6-16(7-9-17)19-12-10-18(11-13-19)14-15-4-2-1-3-5-15/h1-9H,10-14H2/p+1. The molecule has 114 valence electrons. The Bertz CT molecular complexity index is 620. The number of nitrogens with zero attached hydrogens (tertiary/aromatic N) is 2. The third-order valence-electron chi connectivity index (χ3n) is 4.19. The molecule has 0 aliphatic carbocycles. The topological polar surface area (TPSA) is 50.8 Å². The summed E-state index contributed by atoms with van der Waals surface area (Å²) in [5, 5.41) is 10.7. The Kier molecular flexibility index (Phi) is 4.34. The summed E-state index contributed by atoms with van der Waals surface area (Å²) in [4.78, 5) is 14.2. The van der Waals surface area contributed by atoms with Crippen LogP contribution in [0.5, 0.6) is 0 Å². The Labute approximate surface area is 129 Å². The summed E-state index contributed by atoms with van der Waals surface area (Å²) >= 11 is 0. The summed E-state index contributed by atoms with van der Waals surface area (Å²) in [7, 11) is 0. The van der Waals surface area contributed by atoms with Crippen molar-refractivity contribution in [3.8, 4) is 0 Å². The van der Waals surface area contributed by atoms with Crippen molar-refractivity contribution < 1.29 is 9.82 Å². The molecule has 0 radical (unpaired) electrons. The van der Waals surface area contributed by atoms with E-state index in [1.54, 1.807) is 17.0 Å². The van der Waals surface area contributed by atoms with E-state index in [0.29, 0.717) is 0 Å². The van der Waals surface area contributed by atoms with Crippen molar-refractivity contribution in [3.63, 3.8) is 0 Å². The number of nitro groups is 1. The minimum absolute atomic E-state index is 0.150. The van der Waals surface area contributed by atoms with Gasteiger partial charge >= 0.3 is 0 Å². The number of benzene rings is 2. The maximum absolute atomic E-state index is 10.7. The van der Waals surface area contributed by atoms with Crippen LogP contribution in [-0.2, 0) is 6.54 Å². The number of hydrogen-bond donors (Lipinski definition) is 1. The summed E-state index contributed by atoms with van der Waals surface area (Å²) in [5.41, 5.74) is 2.60. The molecule has 5 heteroatoms. The van der Waals surface area contributed by atoms with Gasteiger partial charge in [-0.25, -0.2) is 0 Å². The van der Waals surface area contributed by atoms with E-state index in [4.69, 9.17) is 0 Å². The molecule has 0 saturated carbocycles. The molecule has 2 aromatic carbocycles. The van der Waals surface area contributed by atoms with Crippen molar-refractivity contribution in [1.82, 2.24) is 0 Å². The minimum atomic E-state index is -0.355.